The lowest BCUT2D eigenvalue weighted by Gasteiger charge is -2.22. The summed E-state index contributed by atoms with van der Waals surface area (Å²) >= 11 is 5.62. The van der Waals surface area contributed by atoms with Crippen molar-refractivity contribution in [2.45, 2.75) is 32.7 Å². The molecule has 0 aliphatic heterocycles. The van der Waals surface area contributed by atoms with E-state index in [-0.39, 0.29) is 23.2 Å². The fourth-order valence-electron chi connectivity index (χ4n) is 2.07. The van der Waals surface area contributed by atoms with E-state index in [1.807, 2.05) is 17.8 Å². The quantitative estimate of drug-likeness (QED) is 0.849. The van der Waals surface area contributed by atoms with E-state index in [0.717, 1.165) is 5.82 Å². The molecule has 2 aromatic rings. The standard InChI is InChI=1S/C13H19ClN6O/c1-8(2)11(12-15-6-7-20(12)3)17-10(21)5-4-9-16-13(14)19-18-9/h6-8,11H,4-5H2,1-3H3,(H,17,21)(H,16,18,19)/t11-/m1/s1. The van der Waals surface area contributed by atoms with E-state index in [9.17, 15) is 4.79 Å². The van der Waals surface area contributed by atoms with Gasteiger partial charge in [0.15, 0.2) is 0 Å². The summed E-state index contributed by atoms with van der Waals surface area (Å²) < 4.78 is 1.92. The van der Waals surface area contributed by atoms with Gasteiger partial charge in [0, 0.05) is 32.3 Å². The van der Waals surface area contributed by atoms with Crippen molar-refractivity contribution < 1.29 is 4.79 Å². The lowest BCUT2D eigenvalue weighted by atomic mass is 10.0. The van der Waals surface area contributed by atoms with Gasteiger partial charge in [-0.15, -0.1) is 5.10 Å². The van der Waals surface area contributed by atoms with Gasteiger partial charge >= 0.3 is 0 Å². The van der Waals surface area contributed by atoms with E-state index in [0.29, 0.717) is 18.7 Å². The largest absolute Gasteiger partial charge is 0.346 e. The first-order chi connectivity index (χ1) is 9.97. The molecule has 21 heavy (non-hydrogen) atoms. The summed E-state index contributed by atoms with van der Waals surface area (Å²) in [6.07, 6.45) is 4.39. The Morgan fingerprint density at radius 1 is 1.52 bits per heavy atom. The first kappa shape index (κ1) is 15.5. The fraction of sp³-hybridized carbons (Fsp3) is 0.538. The SMILES string of the molecule is CC(C)[C@@H](NC(=O)CCc1nc(Cl)n[nH]1)c1nccn1C. The van der Waals surface area contributed by atoms with E-state index in [1.165, 1.54) is 0 Å². The van der Waals surface area contributed by atoms with Crippen LogP contribution in [-0.2, 0) is 18.3 Å². The predicted molar refractivity (Wildman–Crippen MR) is 78.6 cm³/mol. The van der Waals surface area contributed by atoms with Gasteiger partial charge in [0.05, 0.1) is 6.04 Å². The molecule has 2 aromatic heterocycles. The van der Waals surface area contributed by atoms with Gasteiger partial charge in [-0.25, -0.2) is 9.97 Å². The molecule has 2 heterocycles. The zero-order valence-corrected chi connectivity index (χ0v) is 13.1. The van der Waals surface area contributed by atoms with Crippen LogP contribution in [0.2, 0.25) is 5.28 Å². The Hall–Kier alpha value is -1.89. The highest BCUT2D eigenvalue weighted by molar-refractivity contribution is 6.28. The molecule has 0 aliphatic carbocycles. The van der Waals surface area contributed by atoms with Crippen LogP contribution < -0.4 is 5.32 Å². The predicted octanol–water partition coefficient (Wildman–Crippen LogP) is 1.64. The number of carbonyl (C=O) groups is 1. The van der Waals surface area contributed by atoms with Crippen LogP contribution in [0.3, 0.4) is 0 Å². The minimum Gasteiger partial charge on any atom is -0.346 e. The number of imidazole rings is 1. The highest BCUT2D eigenvalue weighted by Crippen LogP contribution is 2.19. The van der Waals surface area contributed by atoms with Crippen LogP contribution in [0, 0.1) is 5.92 Å². The van der Waals surface area contributed by atoms with Gasteiger partial charge in [-0.05, 0) is 17.5 Å². The minimum absolute atomic E-state index is 0.0516. The topological polar surface area (TPSA) is 88.5 Å². The Labute approximate surface area is 128 Å². The third-order valence-electron chi connectivity index (χ3n) is 3.21. The minimum atomic E-state index is -0.115. The molecule has 0 unspecified atom stereocenters. The summed E-state index contributed by atoms with van der Waals surface area (Å²) in [4.78, 5) is 20.4. The molecule has 0 saturated heterocycles. The van der Waals surface area contributed by atoms with E-state index in [1.54, 1.807) is 6.20 Å². The van der Waals surface area contributed by atoms with Crippen LogP contribution in [0.15, 0.2) is 12.4 Å². The number of hydrogen-bond acceptors (Lipinski definition) is 4. The van der Waals surface area contributed by atoms with E-state index in [2.05, 4.69) is 39.3 Å². The van der Waals surface area contributed by atoms with Crippen molar-refractivity contribution in [3.05, 3.63) is 29.3 Å². The van der Waals surface area contributed by atoms with Gasteiger partial charge in [0.25, 0.3) is 0 Å². The van der Waals surface area contributed by atoms with Gasteiger partial charge in [-0.2, -0.15) is 0 Å². The Bertz CT molecular complexity index is 605. The smallest absolute Gasteiger partial charge is 0.242 e. The summed E-state index contributed by atoms with van der Waals surface area (Å²) in [5.41, 5.74) is 0. The average Bonchev–Trinajstić information content (AvgIpc) is 3.02. The molecule has 1 amide bonds. The number of carbonyl (C=O) groups excluding carboxylic acids is 1. The van der Waals surface area contributed by atoms with Crippen LogP contribution in [0.1, 0.15) is 38.0 Å². The van der Waals surface area contributed by atoms with Crippen molar-refractivity contribution in [1.29, 1.82) is 0 Å². The molecule has 0 radical (unpaired) electrons. The van der Waals surface area contributed by atoms with E-state index >= 15 is 0 Å². The molecule has 7 nitrogen and oxygen atoms in total. The zero-order chi connectivity index (χ0) is 15.4. The second kappa shape index (κ2) is 6.71. The molecule has 0 spiro atoms. The Kier molecular flexibility index (Phi) is 4.95. The van der Waals surface area contributed by atoms with Crippen molar-refractivity contribution in [3.8, 4) is 0 Å². The van der Waals surface area contributed by atoms with Crippen LogP contribution in [-0.4, -0.2) is 30.6 Å². The number of aromatic amines is 1. The molecule has 2 N–H and O–H groups in total. The van der Waals surface area contributed by atoms with Crippen LogP contribution in [0.25, 0.3) is 0 Å². The molecule has 0 aliphatic rings. The summed E-state index contributed by atoms with van der Waals surface area (Å²) in [5, 5.41) is 9.59. The monoisotopic (exact) mass is 310 g/mol. The third kappa shape index (κ3) is 4.04. The number of nitrogens with zero attached hydrogens (tertiary/aromatic N) is 4. The van der Waals surface area contributed by atoms with Crippen molar-refractivity contribution in [1.82, 2.24) is 30.0 Å². The number of aromatic nitrogens is 5. The van der Waals surface area contributed by atoms with Crippen molar-refractivity contribution >= 4 is 17.5 Å². The number of hydrogen-bond donors (Lipinski definition) is 2. The zero-order valence-electron chi connectivity index (χ0n) is 12.3. The normalized spacial score (nSPS) is 12.6. The molecule has 114 valence electrons. The third-order valence-corrected chi connectivity index (χ3v) is 3.38. The summed E-state index contributed by atoms with van der Waals surface area (Å²) in [7, 11) is 1.92. The maximum atomic E-state index is 12.1. The molecule has 1 atom stereocenters. The lowest BCUT2D eigenvalue weighted by Crippen LogP contribution is -2.33. The number of H-pyrrole nitrogens is 1. The molecule has 8 heteroatoms. The van der Waals surface area contributed by atoms with Crippen molar-refractivity contribution in [2.24, 2.45) is 13.0 Å². The average molecular weight is 311 g/mol. The van der Waals surface area contributed by atoms with Crippen molar-refractivity contribution in [2.75, 3.05) is 0 Å². The summed E-state index contributed by atoms with van der Waals surface area (Å²) in [6, 6.07) is -0.115. The van der Waals surface area contributed by atoms with E-state index < -0.39 is 0 Å². The molecule has 0 saturated carbocycles. The van der Waals surface area contributed by atoms with Crippen LogP contribution >= 0.6 is 11.6 Å². The Morgan fingerprint density at radius 3 is 2.81 bits per heavy atom. The maximum absolute atomic E-state index is 12.1. The van der Waals surface area contributed by atoms with E-state index in [4.69, 9.17) is 11.6 Å². The lowest BCUT2D eigenvalue weighted by molar-refractivity contribution is -0.122. The first-order valence-corrected chi connectivity index (χ1v) is 7.18. The number of halogens is 1. The molecule has 0 fully saturated rings. The fourth-order valence-corrected chi connectivity index (χ4v) is 2.21. The van der Waals surface area contributed by atoms with Crippen molar-refractivity contribution in [3.63, 3.8) is 0 Å². The number of nitrogens with one attached hydrogen (secondary N) is 2. The van der Waals surface area contributed by atoms with Gasteiger partial charge in [0.2, 0.25) is 11.2 Å². The Balaban J connectivity index is 1.94. The molecule has 0 bridgehead atoms. The van der Waals surface area contributed by atoms with Crippen LogP contribution in [0.5, 0.6) is 0 Å². The summed E-state index contributed by atoms with van der Waals surface area (Å²) in [6.45, 7) is 4.10. The highest BCUT2D eigenvalue weighted by atomic mass is 35.5. The molecular weight excluding hydrogens is 292 g/mol. The maximum Gasteiger partial charge on any atom is 0.242 e. The molecular formula is C13H19ClN6O. The van der Waals surface area contributed by atoms with Gasteiger partial charge in [-0.3, -0.25) is 9.89 Å². The number of amides is 1. The molecule has 0 aromatic carbocycles. The Morgan fingerprint density at radius 2 is 2.29 bits per heavy atom. The summed E-state index contributed by atoms with van der Waals surface area (Å²) in [5.74, 6) is 1.65. The number of rotatable bonds is 6. The number of aryl methyl sites for hydroxylation is 2. The van der Waals surface area contributed by atoms with Gasteiger partial charge < -0.3 is 9.88 Å². The molecule has 2 rings (SSSR count). The second-order valence-electron chi connectivity index (χ2n) is 5.24. The van der Waals surface area contributed by atoms with Gasteiger partial charge in [0.1, 0.15) is 11.6 Å². The highest BCUT2D eigenvalue weighted by Gasteiger charge is 2.21. The van der Waals surface area contributed by atoms with Crippen LogP contribution in [0.4, 0.5) is 0 Å². The first-order valence-electron chi connectivity index (χ1n) is 6.80. The van der Waals surface area contributed by atoms with Gasteiger partial charge in [-0.1, -0.05) is 13.8 Å². The second-order valence-corrected chi connectivity index (χ2v) is 5.57.